The Bertz CT molecular complexity index is 483. The zero-order chi connectivity index (χ0) is 11.8. The van der Waals surface area contributed by atoms with Gasteiger partial charge in [-0.05, 0) is 17.7 Å². The zero-order valence-electron chi connectivity index (χ0n) is 8.49. The summed E-state index contributed by atoms with van der Waals surface area (Å²) in [7, 11) is 1.76. The molecule has 2 rings (SSSR count). The topological polar surface area (TPSA) is 17.8 Å². The van der Waals surface area contributed by atoms with E-state index in [4.69, 9.17) is 0 Å². The van der Waals surface area contributed by atoms with Gasteiger partial charge in [-0.15, -0.1) is 0 Å². The van der Waals surface area contributed by atoms with Gasteiger partial charge in [0.05, 0.1) is 11.8 Å². The van der Waals surface area contributed by atoms with Crippen LogP contribution in [-0.2, 0) is 13.2 Å². The molecule has 0 saturated heterocycles. The van der Waals surface area contributed by atoms with E-state index in [1.54, 1.807) is 24.1 Å². The monoisotopic (exact) mass is 226 g/mol. The number of nitrogens with zero attached hydrogens (tertiary/aromatic N) is 2. The first kappa shape index (κ1) is 10.7. The third-order valence-electron chi connectivity index (χ3n) is 2.25. The molecule has 0 radical (unpaired) electrons. The van der Waals surface area contributed by atoms with Gasteiger partial charge in [-0.3, -0.25) is 4.68 Å². The molecule has 0 aliphatic heterocycles. The van der Waals surface area contributed by atoms with Crippen LogP contribution in [0.2, 0.25) is 0 Å². The van der Waals surface area contributed by atoms with Crippen molar-refractivity contribution in [3.05, 3.63) is 42.2 Å². The number of hydrogen-bond donors (Lipinski definition) is 0. The zero-order valence-corrected chi connectivity index (χ0v) is 8.49. The van der Waals surface area contributed by atoms with Gasteiger partial charge in [0.25, 0.3) is 0 Å². The maximum Gasteiger partial charge on any atom is 0.416 e. The normalized spacial score (nSPS) is 11.8. The highest BCUT2D eigenvalue weighted by atomic mass is 19.4. The molecule has 84 valence electrons. The summed E-state index contributed by atoms with van der Waals surface area (Å²) in [6.45, 7) is 0. The van der Waals surface area contributed by atoms with Gasteiger partial charge >= 0.3 is 6.18 Å². The molecule has 5 heteroatoms. The van der Waals surface area contributed by atoms with Crippen LogP contribution in [-0.4, -0.2) is 9.78 Å². The van der Waals surface area contributed by atoms with E-state index in [0.717, 1.165) is 23.3 Å². The van der Waals surface area contributed by atoms with Crippen LogP contribution < -0.4 is 0 Å². The fourth-order valence-electron chi connectivity index (χ4n) is 1.42. The highest BCUT2D eigenvalue weighted by Gasteiger charge is 2.29. The van der Waals surface area contributed by atoms with Gasteiger partial charge in [0.1, 0.15) is 0 Å². The standard InChI is InChI=1S/C11H9F3N2/c1-16-7-9(6-15-16)8-2-4-10(5-3-8)11(12,13)14/h2-7H,1H3. The lowest BCUT2D eigenvalue weighted by molar-refractivity contribution is -0.137. The summed E-state index contributed by atoms with van der Waals surface area (Å²) in [6, 6.07) is 5.03. The number of halogens is 3. The number of alkyl halides is 3. The first-order chi connectivity index (χ1) is 7.47. The minimum absolute atomic E-state index is 0.639. The third-order valence-corrected chi connectivity index (χ3v) is 2.25. The van der Waals surface area contributed by atoms with Crippen LogP contribution in [0.5, 0.6) is 0 Å². The van der Waals surface area contributed by atoms with Crippen molar-refractivity contribution >= 4 is 0 Å². The minimum Gasteiger partial charge on any atom is -0.275 e. The highest BCUT2D eigenvalue weighted by molar-refractivity contribution is 5.61. The van der Waals surface area contributed by atoms with Gasteiger partial charge in [-0.1, -0.05) is 12.1 Å². The van der Waals surface area contributed by atoms with Crippen LogP contribution in [0.4, 0.5) is 13.2 Å². The molecule has 0 N–H and O–H groups in total. The van der Waals surface area contributed by atoms with Crippen LogP contribution in [0.25, 0.3) is 11.1 Å². The predicted octanol–water partition coefficient (Wildman–Crippen LogP) is 3.11. The lowest BCUT2D eigenvalue weighted by atomic mass is 10.1. The van der Waals surface area contributed by atoms with Crippen LogP contribution in [0, 0.1) is 0 Å². The summed E-state index contributed by atoms with van der Waals surface area (Å²) < 4.78 is 38.5. The molecule has 1 heterocycles. The van der Waals surface area contributed by atoms with Gasteiger partial charge in [0, 0.05) is 18.8 Å². The SMILES string of the molecule is Cn1cc(-c2ccc(C(F)(F)F)cc2)cn1. The Morgan fingerprint density at radius 2 is 1.69 bits per heavy atom. The van der Waals surface area contributed by atoms with Crippen molar-refractivity contribution in [3.8, 4) is 11.1 Å². The smallest absolute Gasteiger partial charge is 0.275 e. The van der Waals surface area contributed by atoms with Crippen molar-refractivity contribution in [2.75, 3.05) is 0 Å². The van der Waals surface area contributed by atoms with Crippen molar-refractivity contribution in [3.63, 3.8) is 0 Å². The molecular weight excluding hydrogens is 217 g/mol. The number of hydrogen-bond acceptors (Lipinski definition) is 1. The van der Waals surface area contributed by atoms with E-state index in [-0.39, 0.29) is 0 Å². The Hall–Kier alpha value is -1.78. The van der Waals surface area contributed by atoms with E-state index < -0.39 is 11.7 Å². The molecule has 2 aromatic rings. The van der Waals surface area contributed by atoms with E-state index in [1.807, 2.05) is 0 Å². The average Bonchev–Trinajstić information content (AvgIpc) is 2.64. The molecule has 0 unspecified atom stereocenters. The molecule has 0 aliphatic carbocycles. The fraction of sp³-hybridized carbons (Fsp3) is 0.182. The van der Waals surface area contributed by atoms with Crippen molar-refractivity contribution in [2.45, 2.75) is 6.18 Å². The Kier molecular flexibility index (Phi) is 2.46. The second kappa shape index (κ2) is 3.66. The number of aromatic nitrogens is 2. The molecule has 1 aromatic heterocycles. The first-order valence-electron chi connectivity index (χ1n) is 4.63. The maximum absolute atomic E-state index is 12.3. The van der Waals surface area contributed by atoms with Gasteiger partial charge in [-0.2, -0.15) is 18.3 Å². The molecule has 0 atom stereocenters. The van der Waals surface area contributed by atoms with Gasteiger partial charge in [0.2, 0.25) is 0 Å². The van der Waals surface area contributed by atoms with E-state index in [2.05, 4.69) is 5.10 Å². The second-order valence-corrected chi connectivity index (χ2v) is 3.48. The average molecular weight is 226 g/mol. The lowest BCUT2D eigenvalue weighted by Gasteiger charge is -2.06. The largest absolute Gasteiger partial charge is 0.416 e. The minimum atomic E-state index is -4.28. The highest BCUT2D eigenvalue weighted by Crippen LogP contribution is 2.30. The predicted molar refractivity (Wildman–Crippen MR) is 53.6 cm³/mol. The summed E-state index contributed by atoms with van der Waals surface area (Å²) in [5, 5.41) is 3.96. The Labute approximate surface area is 90.3 Å². The molecule has 0 amide bonds. The van der Waals surface area contributed by atoms with E-state index in [1.165, 1.54) is 12.1 Å². The maximum atomic E-state index is 12.3. The summed E-state index contributed by atoms with van der Waals surface area (Å²) in [5.74, 6) is 0. The summed E-state index contributed by atoms with van der Waals surface area (Å²) in [6.07, 6.45) is -0.918. The molecule has 1 aromatic carbocycles. The molecule has 0 saturated carbocycles. The fourth-order valence-corrected chi connectivity index (χ4v) is 1.42. The van der Waals surface area contributed by atoms with Crippen LogP contribution >= 0.6 is 0 Å². The Balaban J connectivity index is 2.33. The first-order valence-corrected chi connectivity index (χ1v) is 4.63. The molecule has 0 aliphatic rings. The third kappa shape index (κ3) is 2.08. The lowest BCUT2D eigenvalue weighted by Crippen LogP contribution is -2.03. The van der Waals surface area contributed by atoms with Gasteiger partial charge in [-0.25, -0.2) is 0 Å². The van der Waals surface area contributed by atoms with E-state index in [9.17, 15) is 13.2 Å². The second-order valence-electron chi connectivity index (χ2n) is 3.48. The van der Waals surface area contributed by atoms with Crippen LogP contribution in [0.3, 0.4) is 0 Å². The van der Waals surface area contributed by atoms with Crippen molar-refractivity contribution in [2.24, 2.45) is 7.05 Å². The van der Waals surface area contributed by atoms with Crippen LogP contribution in [0.15, 0.2) is 36.7 Å². The molecule has 2 nitrogen and oxygen atoms in total. The van der Waals surface area contributed by atoms with E-state index >= 15 is 0 Å². The van der Waals surface area contributed by atoms with Crippen molar-refractivity contribution in [1.82, 2.24) is 9.78 Å². The van der Waals surface area contributed by atoms with Gasteiger partial charge < -0.3 is 0 Å². The molecule has 0 fully saturated rings. The Morgan fingerprint density at radius 1 is 1.06 bits per heavy atom. The van der Waals surface area contributed by atoms with E-state index in [0.29, 0.717) is 0 Å². The number of rotatable bonds is 1. The summed E-state index contributed by atoms with van der Waals surface area (Å²) >= 11 is 0. The Morgan fingerprint density at radius 3 is 2.12 bits per heavy atom. The number of benzene rings is 1. The summed E-state index contributed by atoms with van der Waals surface area (Å²) in [5.41, 5.74) is 0.887. The van der Waals surface area contributed by atoms with Crippen molar-refractivity contribution in [1.29, 1.82) is 0 Å². The van der Waals surface area contributed by atoms with Gasteiger partial charge in [0.15, 0.2) is 0 Å². The molecule has 0 spiro atoms. The van der Waals surface area contributed by atoms with Crippen molar-refractivity contribution < 1.29 is 13.2 Å². The summed E-state index contributed by atoms with van der Waals surface area (Å²) in [4.78, 5) is 0. The molecule has 0 bridgehead atoms. The van der Waals surface area contributed by atoms with Crippen LogP contribution in [0.1, 0.15) is 5.56 Å². The quantitative estimate of drug-likeness (QED) is 0.730. The number of aryl methyl sites for hydroxylation is 1. The molecule has 16 heavy (non-hydrogen) atoms. The molecular formula is C11H9F3N2.